The zero-order valence-electron chi connectivity index (χ0n) is 16.6. The van der Waals surface area contributed by atoms with Crippen molar-refractivity contribution in [1.29, 1.82) is 0 Å². The number of hydrogen-bond acceptors (Lipinski definition) is 8. The quantitative estimate of drug-likeness (QED) is 0.621. The van der Waals surface area contributed by atoms with Crippen molar-refractivity contribution < 1.29 is 23.0 Å². The monoisotopic (exact) mass is 427 g/mol. The van der Waals surface area contributed by atoms with Crippen molar-refractivity contribution in [2.45, 2.75) is 0 Å². The summed E-state index contributed by atoms with van der Waals surface area (Å²) in [5.41, 5.74) is 0.203. The highest BCUT2D eigenvalue weighted by molar-refractivity contribution is 5.94. The predicted octanol–water partition coefficient (Wildman–Crippen LogP) is 3.18. The van der Waals surface area contributed by atoms with Crippen LogP contribution in [0.5, 0.6) is 0 Å². The molecule has 1 aliphatic rings. The molecule has 31 heavy (non-hydrogen) atoms. The molecule has 160 valence electrons. The van der Waals surface area contributed by atoms with E-state index in [1.54, 1.807) is 12.3 Å². The van der Waals surface area contributed by atoms with Gasteiger partial charge in [0.25, 0.3) is 0 Å². The Hall–Kier alpha value is -3.66. The van der Waals surface area contributed by atoms with Crippen molar-refractivity contribution in [3.8, 4) is 11.3 Å². The number of ether oxygens (including phenoxy) is 2. The molecule has 0 bridgehead atoms. The Morgan fingerprint density at radius 1 is 1.13 bits per heavy atom. The van der Waals surface area contributed by atoms with Crippen molar-refractivity contribution in [1.82, 2.24) is 15.2 Å². The molecule has 0 aliphatic carbocycles. The summed E-state index contributed by atoms with van der Waals surface area (Å²) in [4.78, 5) is 18.7. The van der Waals surface area contributed by atoms with Gasteiger partial charge in [-0.2, -0.15) is 0 Å². The van der Waals surface area contributed by atoms with E-state index < -0.39 is 17.6 Å². The van der Waals surface area contributed by atoms with E-state index in [1.165, 1.54) is 19.2 Å². The molecule has 0 spiro atoms. The molecule has 3 heterocycles. The Kier molecular flexibility index (Phi) is 5.99. The Balaban J connectivity index is 1.66. The van der Waals surface area contributed by atoms with Gasteiger partial charge in [0.1, 0.15) is 23.1 Å². The Morgan fingerprint density at radius 3 is 2.52 bits per heavy atom. The molecule has 0 amide bonds. The lowest BCUT2D eigenvalue weighted by molar-refractivity contribution is 0.0594. The lowest BCUT2D eigenvalue weighted by Gasteiger charge is -2.27. The molecule has 0 unspecified atom stereocenters. The maximum Gasteiger partial charge on any atom is 0.360 e. The fourth-order valence-electron chi connectivity index (χ4n) is 3.19. The Bertz CT molecular complexity index is 1070. The van der Waals surface area contributed by atoms with E-state index in [4.69, 9.17) is 9.47 Å². The van der Waals surface area contributed by atoms with E-state index >= 15 is 0 Å². The van der Waals surface area contributed by atoms with Gasteiger partial charge in [-0.15, -0.1) is 10.2 Å². The molecule has 1 aromatic carbocycles. The maximum absolute atomic E-state index is 14.2. The molecule has 8 nitrogen and oxygen atoms in total. The van der Waals surface area contributed by atoms with E-state index in [0.717, 1.165) is 31.0 Å². The smallest absolute Gasteiger partial charge is 0.360 e. The van der Waals surface area contributed by atoms with Crippen LogP contribution in [0.25, 0.3) is 11.3 Å². The number of esters is 1. The summed E-state index contributed by atoms with van der Waals surface area (Å²) in [6, 6.07) is 8.45. The number of anilines is 3. The SMILES string of the molecule is COC(=O)c1nnc(-c2c(F)cccc2F)cc1Nc1ccc(N2CCOCC2)nc1. The van der Waals surface area contributed by atoms with Crippen LogP contribution in [0.15, 0.2) is 42.6 Å². The molecule has 4 rings (SSSR count). The molecule has 3 aromatic rings. The van der Waals surface area contributed by atoms with Crippen LogP contribution in [0.1, 0.15) is 10.5 Å². The number of rotatable bonds is 5. The van der Waals surface area contributed by atoms with E-state index in [-0.39, 0.29) is 22.6 Å². The van der Waals surface area contributed by atoms with Gasteiger partial charge in [-0.25, -0.2) is 18.6 Å². The van der Waals surface area contributed by atoms with Gasteiger partial charge in [0.2, 0.25) is 0 Å². The van der Waals surface area contributed by atoms with E-state index in [9.17, 15) is 13.6 Å². The zero-order valence-corrected chi connectivity index (χ0v) is 16.6. The largest absolute Gasteiger partial charge is 0.464 e. The number of nitrogens with zero attached hydrogens (tertiary/aromatic N) is 4. The van der Waals surface area contributed by atoms with Crippen molar-refractivity contribution in [3.63, 3.8) is 0 Å². The third-order valence-corrected chi connectivity index (χ3v) is 4.75. The van der Waals surface area contributed by atoms with Crippen LogP contribution in [0.4, 0.5) is 26.0 Å². The summed E-state index contributed by atoms with van der Waals surface area (Å²) in [6.07, 6.45) is 1.59. The molecule has 0 saturated carbocycles. The van der Waals surface area contributed by atoms with Gasteiger partial charge in [-0.05, 0) is 30.3 Å². The third-order valence-electron chi connectivity index (χ3n) is 4.75. The molecule has 0 radical (unpaired) electrons. The highest BCUT2D eigenvalue weighted by atomic mass is 19.1. The topological polar surface area (TPSA) is 89.5 Å². The van der Waals surface area contributed by atoms with Crippen molar-refractivity contribution in [2.75, 3.05) is 43.6 Å². The van der Waals surface area contributed by atoms with Gasteiger partial charge in [0.15, 0.2) is 5.69 Å². The van der Waals surface area contributed by atoms with E-state index in [2.05, 4.69) is 25.4 Å². The lowest BCUT2D eigenvalue weighted by atomic mass is 10.1. The lowest BCUT2D eigenvalue weighted by Crippen LogP contribution is -2.36. The normalized spacial score (nSPS) is 13.7. The highest BCUT2D eigenvalue weighted by Gasteiger charge is 2.20. The number of carbonyl (C=O) groups excluding carboxylic acids is 1. The second-order valence-corrected chi connectivity index (χ2v) is 6.71. The zero-order chi connectivity index (χ0) is 21.8. The molecule has 10 heteroatoms. The second-order valence-electron chi connectivity index (χ2n) is 6.71. The average molecular weight is 427 g/mol. The van der Waals surface area contributed by atoms with Gasteiger partial charge >= 0.3 is 5.97 Å². The molecular formula is C21H19F2N5O3. The number of carbonyl (C=O) groups is 1. The number of benzene rings is 1. The Labute approximate surface area is 176 Å². The minimum atomic E-state index is -0.789. The van der Waals surface area contributed by atoms with Crippen molar-refractivity contribution >= 4 is 23.2 Å². The van der Waals surface area contributed by atoms with Crippen LogP contribution in [-0.4, -0.2) is 54.6 Å². The first-order chi connectivity index (χ1) is 15.1. The van der Waals surface area contributed by atoms with Gasteiger partial charge in [-0.1, -0.05) is 6.07 Å². The number of nitrogens with one attached hydrogen (secondary N) is 1. The summed E-state index contributed by atoms with van der Waals surface area (Å²) in [6.45, 7) is 2.78. The van der Waals surface area contributed by atoms with Crippen LogP contribution < -0.4 is 10.2 Å². The van der Waals surface area contributed by atoms with Crippen LogP contribution in [0.3, 0.4) is 0 Å². The van der Waals surface area contributed by atoms with Crippen molar-refractivity contribution in [3.05, 3.63) is 59.9 Å². The average Bonchev–Trinajstić information content (AvgIpc) is 2.80. The number of halogens is 2. The maximum atomic E-state index is 14.2. The first kappa shape index (κ1) is 20.6. The van der Waals surface area contributed by atoms with Crippen LogP contribution in [0, 0.1) is 11.6 Å². The first-order valence-electron chi connectivity index (χ1n) is 9.53. The summed E-state index contributed by atoms with van der Waals surface area (Å²) in [5, 5.41) is 10.7. The number of methoxy groups -OCH3 is 1. The molecule has 1 N–H and O–H groups in total. The molecule has 1 aliphatic heterocycles. The second kappa shape index (κ2) is 9.00. The standard InChI is InChI=1S/C21H19F2N5O3/c1-30-21(29)20-17(11-16(26-27-20)19-14(22)3-2-4-15(19)23)25-13-5-6-18(24-12-13)28-7-9-31-10-8-28/h2-6,11-12H,7-10H2,1H3,(H,25,26). The predicted molar refractivity (Wildman–Crippen MR) is 109 cm³/mol. The number of hydrogen-bond donors (Lipinski definition) is 1. The minimum absolute atomic E-state index is 0.0661. The minimum Gasteiger partial charge on any atom is -0.464 e. The van der Waals surface area contributed by atoms with Crippen LogP contribution >= 0.6 is 0 Å². The number of pyridine rings is 1. The fraction of sp³-hybridized carbons (Fsp3) is 0.238. The highest BCUT2D eigenvalue weighted by Crippen LogP contribution is 2.29. The van der Waals surface area contributed by atoms with Crippen LogP contribution in [0.2, 0.25) is 0 Å². The van der Waals surface area contributed by atoms with Gasteiger partial charge in [0.05, 0.1) is 43.5 Å². The van der Waals surface area contributed by atoms with Gasteiger partial charge < -0.3 is 19.7 Å². The van der Waals surface area contributed by atoms with Crippen molar-refractivity contribution in [2.24, 2.45) is 0 Å². The third kappa shape index (κ3) is 4.43. The first-order valence-corrected chi connectivity index (χ1v) is 9.53. The number of aromatic nitrogens is 3. The summed E-state index contributed by atoms with van der Waals surface area (Å²) >= 11 is 0. The molecule has 1 saturated heterocycles. The molecular weight excluding hydrogens is 408 g/mol. The fourth-order valence-corrected chi connectivity index (χ4v) is 3.19. The molecule has 2 aromatic heterocycles. The number of morpholine rings is 1. The Morgan fingerprint density at radius 2 is 1.87 bits per heavy atom. The molecule has 1 fully saturated rings. The van der Waals surface area contributed by atoms with Gasteiger partial charge in [0, 0.05) is 13.1 Å². The summed E-state index contributed by atoms with van der Waals surface area (Å²) in [7, 11) is 1.21. The van der Waals surface area contributed by atoms with E-state index in [1.807, 2.05) is 6.07 Å². The molecule has 0 atom stereocenters. The van der Waals surface area contributed by atoms with Gasteiger partial charge in [-0.3, -0.25) is 0 Å². The van der Waals surface area contributed by atoms with Crippen LogP contribution in [-0.2, 0) is 9.47 Å². The van der Waals surface area contributed by atoms with E-state index in [0.29, 0.717) is 18.9 Å². The summed E-state index contributed by atoms with van der Waals surface area (Å²) < 4.78 is 38.5. The summed E-state index contributed by atoms with van der Waals surface area (Å²) in [5.74, 6) is -1.53.